The first-order chi connectivity index (χ1) is 16.9. The summed E-state index contributed by atoms with van der Waals surface area (Å²) in [6, 6.07) is 13.0. The molecule has 184 valence electrons. The number of esters is 1. The fraction of sp³-hybridized carbons (Fsp3) is 0.385. The van der Waals surface area contributed by atoms with Gasteiger partial charge in [0.05, 0.1) is 6.61 Å². The minimum Gasteiger partial charge on any atom is -0.480 e. The summed E-state index contributed by atoms with van der Waals surface area (Å²) in [6.45, 7) is 1.76. The number of amides is 2. The number of ether oxygens (including phenoxy) is 2. The molecule has 1 aliphatic heterocycles. The van der Waals surface area contributed by atoms with Gasteiger partial charge in [-0.3, -0.25) is 10.1 Å². The summed E-state index contributed by atoms with van der Waals surface area (Å²) in [6.07, 6.45) is 0.588. The lowest BCUT2D eigenvalue weighted by molar-refractivity contribution is -0.159. The van der Waals surface area contributed by atoms with E-state index in [4.69, 9.17) is 9.47 Å². The summed E-state index contributed by atoms with van der Waals surface area (Å²) >= 11 is 0. The third-order valence-electron chi connectivity index (χ3n) is 6.45. The van der Waals surface area contributed by atoms with E-state index in [9.17, 15) is 24.3 Å². The fourth-order valence-electron chi connectivity index (χ4n) is 4.82. The van der Waals surface area contributed by atoms with Crippen LogP contribution in [0.3, 0.4) is 0 Å². The number of aliphatic carboxylic acids is 1. The Morgan fingerprint density at radius 1 is 1.00 bits per heavy atom. The van der Waals surface area contributed by atoms with Crippen molar-refractivity contribution in [1.29, 1.82) is 0 Å². The molecule has 1 heterocycles. The zero-order chi connectivity index (χ0) is 24.9. The van der Waals surface area contributed by atoms with Crippen molar-refractivity contribution in [3.63, 3.8) is 0 Å². The number of carbonyl (C=O) groups is 4. The highest BCUT2D eigenvalue weighted by atomic mass is 16.6. The number of nitrogens with zero attached hydrogens (tertiary/aromatic N) is 1. The van der Waals surface area contributed by atoms with Crippen molar-refractivity contribution in [3.8, 4) is 11.1 Å². The maximum atomic E-state index is 13.1. The second-order valence-corrected chi connectivity index (χ2v) is 8.54. The predicted octanol–water partition coefficient (Wildman–Crippen LogP) is 2.92. The van der Waals surface area contributed by atoms with Crippen LogP contribution in [0, 0.1) is 0 Å². The molecule has 9 nitrogen and oxygen atoms in total. The lowest BCUT2D eigenvalue weighted by Crippen LogP contribution is -2.58. The van der Waals surface area contributed by atoms with Gasteiger partial charge >= 0.3 is 18.0 Å². The molecule has 0 aromatic heterocycles. The van der Waals surface area contributed by atoms with Crippen molar-refractivity contribution in [1.82, 2.24) is 10.2 Å². The fourth-order valence-corrected chi connectivity index (χ4v) is 4.82. The molecule has 2 unspecified atom stereocenters. The van der Waals surface area contributed by atoms with Crippen LogP contribution < -0.4 is 5.32 Å². The van der Waals surface area contributed by atoms with Crippen molar-refractivity contribution in [2.75, 3.05) is 19.8 Å². The molecule has 1 saturated heterocycles. The largest absolute Gasteiger partial charge is 0.480 e. The van der Waals surface area contributed by atoms with Gasteiger partial charge in [-0.2, -0.15) is 0 Å². The second-order valence-electron chi connectivity index (χ2n) is 8.54. The number of rotatable bonds is 7. The quantitative estimate of drug-likeness (QED) is 0.461. The Morgan fingerprint density at radius 2 is 1.63 bits per heavy atom. The zero-order valence-electron chi connectivity index (χ0n) is 19.4. The van der Waals surface area contributed by atoms with Crippen LogP contribution in [0.4, 0.5) is 4.79 Å². The van der Waals surface area contributed by atoms with Gasteiger partial charge in [-0.05, 0) is 48.4 Å². The van der Waals surface area contributed by atoms with Gasteiger partial charge in [-0.1, -0.05) is 48.5 Å². The number of benzene rings is 2. The topological polar surface area (TPSA) is 122 Å². The average molecular weight is 481 g/mol. The van der Waals surface area contributed by atoms with Gasteiger partial charge in [-0.15, -0.1) is 0 Å². The van der Waals surface area contributed by atoms with Crippen molar-refractivity contribution in [2.45, 2.75) is 44.2 Å². The molecule has 4 rings (SSSR count). The van der Waals surface area contributed by atoms with Gasteiger partial charge in [0.2, 0.25) is 6.04 Å². The minimum absolute atomic E-state index is 0.00264. The van der Waals surface area contributed by atoms with Crippen LogP contribution in [0.1, 0.15) is 43.2 Å². The summed E-state index contributed by atoms with van der Waals surface area (Å²) < 4.78 is 10.4. The Kier molecular flexibility index (Phi) is 7.33. The molecule has 2 aromatic carbocycles. The molecule has 2 amide bonds. The maximum absolute atomic E-state index is 13.1. The average Bonchev–Trinajstić information content (AvgIpc) is 3.19. The smallest absolute Gasteiger partial charge is 0.408 e. The van der Waals surface area contributed by atoms with Crippen molar-refractivity contribution < 1.29 is 33.8 Å². The van der Waals surface area contributed by atoms with E-state index in [0.29, 0.717) is 12.8 Å². The van der Waals surface area contributed by atoms with E-state index in [2.05, 4.69) is 5.32 Å². The highest BCUT2D eigenvalue weighted by Crippen LogP contribution is 2.44. The summed E-state index contributed by atoms with van der Waals surface area (Å²) in [7, 11) is 0. The van der Waals surface area contributed by atoms with E-state index in [1.807, 2.05) is 48.5 Å². The Bertz CT molecular complexity index is 1090. The number of carboxylic acids is 1. The molecule has 2 atom stereocenters. The number of hydrogen-bond acceptors (Lipinski definition) is 6. The van der Waals surface area contributed by atoms with Gasteiger partial charge in [0.15, 0.2) is 0 Å². The second kappa shape index (κ2) is 10.6. The van der Waals surface area contributed by atoms with E-state index in [0.717, 1.165) is 27.2 Å². The minimum atomic E-state index is -1.69. The van der Waals surface area contributed by atoms with Gasteiger partial charge < -0.3 is 19.5 Å². The Balaban J connectivity index is 1.48. The molecule has 1 fully saturated rings. The van der Waals surface area contributed by atoms with Crippen LogP contribution in [0.5, 0.6) is 0 Å². The van der Waals surface area contributed by atoms with Crippen LogP contribution in [0.2, 0.25) is 0 Å². The van der Waals surface area contributed by atoms with Gasteiger partial charge in [0.25, 0.3) is 5.91 Å². The standard InChI is InChI=1S/C26H28N2O7/c1-2-34-25(32)22(23(29)28-14-8-7-13-21(28)24(30)31)27-26(33)35-15-20-18-11-5-3-9-16(18)17-10-4-6-12-19(17)20/h3-6,9-12,20-22H,2,7-8,13-15H2,1H3,(H,27,33)(H,30,31). The van der Waals surface area contributed by atoms with Gasteiger partial charge in [0, 0.05) is 12.5 Å². The Morgan fingerprint density at radius 3 is 2.23 bits per heavy atom. The lowest BCUT2D eigenvalue weighted by Gasteiger charge is -2.34. The molecule has 0 spiro atoms. The lowest BCUT2D eigenvalue weighted by atomic mass is 9.98. The highest BCUT2D eigenvalue weighted by Gasteiger charge is 2.40. The molecule has 0 radical (unpaired) electrons. The Hall–Kier alpha value is -3.88. The van der Waals surface area contributed by atoms with Crippen molar-refractivity contribution >= 4 is 23.9 Å². The number of fused-ring (bicyclic) bond motifs is 3. The highest BCUT2D eigenvalue weighted by molar-refractivity contribution is 6.05. The molecule has 1 aliphatic carbocycles. The normalized spacial score (nSPS) is 17.6. The van der Waals surface area contributed by atoms with Crippen LogP contribution in [-0.2, 0) is 23.9 Å². The number of carboxylic acid groups (broad SMARTS) is 1. The number of hydrogen-bond donors (Lipinski definition) is 2. The third kappa shape index (κ3) is 4.99. The molecule has 2 aromatic rings. The summed E-state index contributed by atoms with van der Waals surface area (Å²) in [5, 5.41) is 11.8. The van der Waals surface area contributed by atoms with E-state index >= 15 is 0 Å². The number of piperidine rings is 1. The van der Waals surface area contributed by atoms with Gasteiger partial charge in [-0.25, -0.2) is 14.4 Å². The Labute approximate surface area is 203 Å². The number of likely N-dealkylation sites (tertiary alicyclic amines) is 1. The van der Waals surface area contributed by atoms with Crippen molar-refractivity contribution in [2.24, 2.45) is 0 Å². The first-order valence-electron chi connectivity index (χ1n) is 11.7. The molecule has 9 heteroatoms. The molecule has 2 aliphatic rings. The summed E-state index contributed by atoms with van der Waals surface area (Å²) in [4.78, 5) is 51.2. The van der Waals surface area contributed by atoms with E-state index in [-0.39, 0.29) is 32.1 Å². The molecular weight excluding hydrogens is 452 g/mol. The van der Waals surface area contributed by atoms with Crippen molar-refractivity contribution in [3.05, 3.63) is 59.7 Å². The number of nitrogens with one attached hydrogen (secondary N) is 1. The predicted molar refractivity (Wildman–Crippen MR) is 126 cm³/mol. The van der Waals surface area contributed by atoms with Crippen LogP contribution in [0.15, 0.2) is 48.5 Å². The van der Waals surface area contributed by atoms with Crippen LogP contribution in [-0.4, -0.2) is 65.8 Å². The molecule has 35 heavy (non-hydrogen) atoms. The third-order valence-corrected chi connectivity index (χ3v) is 6.45. The SMILES string of the molecule is CCOC(=O)C(NC(=O)OCC1c2ccccc2-c2ccccc21)C(=O)N1CCCCC1C(=O)O. The number of carbonyl (C=O) groups excluding carboxylic acids is 3. The monoisotopic (exact) mass is 480 g/mol. The van der Waals surface area contributed by atoms with Crippen LogP contribution in [0.25, 0.3) is 11.1 Å². The van der Waals surface area contributed by atoms with Gasteiger partial charge in [0.1, 0.15) is 12.6 Å². The molecular formula is C26H28N2O7. The van der Waals surface area contributed by atoms with E-state index < -0.39 is 36.0 Å². The molecule has 0 saturated carbocycles. The maximum Gasteiger partial charge on any atom is 0.408 e. The summed E-state index contributed by atoms with van der Waals surface area (Å²) in [5.74, 6) is -3.12. The zero-order valence-corrected chi connectivity index (χ0v) is 19.4. The first kappa shape index (κ1) is 24.3. The summed E-state index contributed by atoms with van der Waals surface area (Å²) in [5.41, 5.74) is 4.19. The van der Waals surface area contributed by atoms with E-state index in [1.165, 1.54) is 0 Å². The molecule has 2 N–H and O–H groups in total. The first-order valence-corrected chi connectivity index (χ1v) is 11.7. The number of alkyl carbamates (subject to hydrolysis) is 1. The molecule has 0 bridgehead atoms. The van der Waals surface area contributed by atoms with E-state index in [1.54, 1.807) is 6.92 Å². The van der Waals surface area contributed by atoms with Crippen LogP contribution >= 0.6 is 0 Å².